The van der Waals surface area contributed by atoms with Crippen LogP contribution in [0.3, 0.4) is 0 Å². The topological polar surface area (TPSA) is 26.0 Å². The van der Waals surface area contributed by atoms with Crippen molar-refractivity contribution in [2.45, 2.75) is 13.8 Å². The molecule has 0 aliphatic carbocycles. The lowest BCUT2D eigenvalue weighted by Gasteiger charge is -1.93. The first kappa shape index (κ1) is 7.05. The molecule has 0 aromatic rings. The Kier molecular flexibility index (Phi) is 3.13. The molecule has 0 unspecified atom stereocenters. The highest BCUT2D eigenvalue weighted by Gasteiger charge is 1.84. The summed E-state index contributed by atoms with van der Waals surface area (Å²) in [5.41, 5.74) is 6.42. The van der Waals surface area contributed by atoms with Gasteiger partial charge in [0.1, 0.15) is 0 Å². The maximum atomic E-state index is 5.27. The van der Waals surface area contributed by atoms with Gasteiger partial charge < -0.3 is 5.73 Å². The van der Waals surface area contributed by atoms with Gasteiger partial charge in [-0.3, -0.25) is 0 Å². The van der Waals surface area contributed by atoms with Crippen molar-refractivity contribution < 1.29 is 0 Å². The highest BCUT2D eigenvalue weighted by atomic mass is 32.1. The minimum atomic E-state index is 0.620. The first-order chi connectivity index (χ1) is 3.18. The van der Waals surface area contributed by atoms with Gasteiger partial charge in [-0.15, -0.1) is 12.6 Å². The van der Waals surface area contributed by atoms with Crippen molar-refractivity contribution in [1.29, 1.82) is 0 Å². The summed E-state index contributed by atoms with van der Waals surface area (Å²) < 4.78 is 0. The van der Waals surface area contributed by atoms with Gasteiger partial charge in [0.15, 0.2) is 0 Å². The third kappa shape index (κ3) is 2.71. The van der Waals surface area contributed by atoms with Crippen molar-refractivity contribution >= 4 is 12.6 Å². The molecule has 2 heteroatoms. The van der Waals surface area contributed by atoms with Crippen LogP contribution >= 0.6 is 12.6 Å². The molecule has 0 heterocycles. The highest BCUT2D eigenvalue weighted by molar-refractivity contribution is 7.84. The van der Waals surface area contributed by atoms with Crippen LogP contribution in [0.15, 0.2) is 10.5 Å². The van der Waals surface area contributed by atoms with Crippen molar-refractivity contribution in [3.05, 3.63) is 10.5 Å². The standard InChI is InChI=1S/C5H11NS/c1-4(3-6)5(2)7/h7H,3,6H2,1-2H3/b5-4-. The van der Waals surface area contributed by atoms with Crippen LogP contribution in [0, 0.1) is 0 Å². The summed E-state index contributed by atoms with van der Waals surface area (Å²) in [6, 6.07) is 0. The van der Waals surface area contributed by atoms with Crippen LogP contribution in [0.4, 0.5) is 0 Å². The lowest BCUT2D eigenvalue weighted by molar-refractivity contribution is 1.12. The van der Waals surface area contributed by atoms with Crippen molar-refractivity contribution in [3.8, 4) is 0 Å². The Morgan fingerprint density at radius 1 is 1.57 bits per heavy atom. The van der Waals surface area contributed by atoms with Gasteiger partial charge in [0, 0.05) is 6.54 Å². The smallest absolute Gasteiger partial charge is 0.0144 e. The van der Waals surface area contributed by atoms with Gasteiger partial charge in [-0.2, -0.15) is 0 Å². The van der Waals surface area contributed by atoms with Crippen molar-refractivity contribution in [3.63, 3.8) is 0 Å². The summed E-state index contributed by atoms with van der Waals surface area (Å²) in [6.45, 7) is 4.53. The van der Waals surface area contributed by atoms with Crippen LogP contribution in [0.5, 0.6) is 0 Å². The zero-order valence-electron chi connectivity index (χ0n) is 4.73. The van der Waals surface area contributed by atoms with E-state index in [4.69, 9.17) is 5.73 Å². The summed E-state index contributed by atoms with van der Waals surface area (Å²) in [7, 11) is 0. The molecule has 7 heavy (non-hydrogen) atoms. The fraction of sp³-hybridized carbons (Fsp3) is 0.600. The van der Waals surface area contributed by atoms with E-state index < -0.39 is 0 Å². The molecule has 0 amide bonds. The van der Waals surface area contributed by atoms with E-state index in [1.807, 2.05) is 13.8 Å². The SMILES string of the molecule is C/C(S)=C(\C)CN. The Balaban J connectivity index is 3.72. The first-order valence-electron chi connectivity index (χ1n) is 2.24. The molecule has 2 N–H and O–H groups in total. The average Bonchev–Trinajstić information content (AvgIpc) is 1.65. The monoisotopic (exact) mass is 117 g/mol. The summed E-state index contributed by atoms with van der Waals surface area (Å²) in [5.74, 6) is 0. The molecule has 0 rings (SSSR count). The molecule has 0 aromatic carbocycles. The zero-order valence-corrected chi connectivity index (χ0v) is 5.63. The largest absolute Gasteiger partial charge is 0.327 e. The zero-order chi connectivity index (χ0) is 5.86. The van der Waals surface area contributed by atoms with E-state index in [1.54, 1.807) is 0 Å². The van der Waals surface area contributed by atoms with Crippen molar-refractivity contribution in [1.82, 2.24) is 0 Å². The van der Waals surface area contributed by atoms with Gasteiger partial charge in [0.25, 0.3) is 0 Å². The second-order valence-corrected chi connectivity index (χ2v) is 2.24. The molecule has 0 spiro atoms. The Morgan fingerprint density at radius 3 is 2.00 bits per heavy atom. The van der Waals surface area contributed by atoms with Crippen molar-refractivity contribution in [2.24, 2.45) is 5.73 Å². The Bertz CT molecular complexity index is 82.1. The number of rotatable bonds is 1. The van der Waals surface area contributed by atoms with Crippen LogP contribution in [0.2, 0.25) is 0 Å². The van der Waals surface area contributed by atoms with Gasteiger partial charge in [0.2, 0.25) is 0 Å². The van der Waals surface area contributed by atoms with Crippen LogP contribution in [0.1, 0.15) is 13.8 Å². The molecule has 0 saturated heterocycles. The Morgan fingerprint density at radius 2 is 2.00 bits per heavy atom. The quantitative estimate of drug-likeness (QED) is 0.495. The van der Waals surface area contributed by atoms with Gasteiger partial charge in [-0.05, 0) is 18.8 Å². The minimum absolute atomic E-state index is 0.620. The molecule has 0 fully saturated rings. The number of hydrogen-bond donors (Lipinski definition) is 2. The van der Waals surface area contributed by atoms with E-state index in [1.165, 1.54) is 0 Å². The highest BCUT2D eigenvalue weighted by Crippen LogP contribution is 2.03. The molecule has 42 valence electrons. The third-order valence-electron chi connectivity index (χ3n) is 0.924. The van der Waals surface area contributed by atoms with E-state index in [-0.39, 0.29) is 0 Å². The molecule has 0 aliphatic heterocycles. The van der Waals surface area contributed by atoms with Gasteiger partial charge in [-0.25, -0.2) is 0 Å². The number of allylic oxidation sites excluding steroid dienone is 1. The van der Waals surface area contributed by atoms with Gasteiger partial charge in [0.05, 0.1) is 0 Å². The van der Waals surface area contributed by atoms with E-state index in [0.717, 1.165) is 10.5 Å². The number of nitrogens with two attached hydrogens (primary N) is 1. The second-order valence-electron chi connectivity index (χ2n) is 1.57. The molecule has 0 aliphatic rings. The van der Waals surface area contributed by atoms with Crippen LogP contribution in [0.25, 0.3) is 0 Å². The predicted octanol–water partition coefficient (Wildman–Crippen LogP) is 1.17. The van der Waals surface area contributed by atoms with Gasteiger partial charge in [-0.1, -0.05) is 5.57 Å². The molecule has 0 saturated carbocycles. The normalized spacial score (nSPS) is 13.7. The third-order valence-corrected chi connectivity index (χ3v) is 1.31. The summed E-state index contributed by atoms with van der Waals surface area (Å²) in [6.07, 6.45) is 0. The number of hydrogen-bond acceptors (Lipinski definition) is 2. The predicted molar refractivity (Wildman–Crippen MR) is 36.4 cm³/mol. The van der Waals surface area contributed by atoms with Crippen LogP contribution in [-0.4, -0.2) is 6.54 Å². The maximum Gasteiger partial charge on any atom is 0.0144 e. The van der Waals surface area contributed by atoms with Crippen LogP contribution < -0.4 is 5.73 Å². The van der Waals surface area contributed by atoms with Gasteiger partial charge >= 0.3 is 0 Å². The lowest BCUT2D eigenvalue weighted by atomic mass is 10.3. The van der Waals surface area contributed by atoms with Crippen LogP contribution in [-0.2, 0) is 0 Å². The first-order valence-corrected chi connectivity index (χ1v) is 2.68. The molecule has 0 bridgehead atoms. The van der Waals surface area contributed by atoms with E-state index in [2.05, 4.69) is 12.6 Å². The lowest BCUT2D eigenvalue weighted by Crippen LogP contribution is -2.00. The fourth-order valence-electron chi connectivity index (χ4n) is 0.148. The van der Waals surface area contributed by atoms with Crippen molar-refractivity contribution in [2.75, 3.05) is 6.54 Å². The molecule has 0 radical (unpaired) electrons. The maximum absolute atomic E-state index is 5.27. The molecular formula is C5H11NS. The Hall–Kier alpha value is 0.0500. The molecule has 1 nitrogen and oxygen atoms in total. The average molecular weight is 117 g/mol. The molecule has 0 atom stereocenters. The number of thiol groups is 1. The minimum Gasteiger partial charge on any atom is -0.327 e. The summed E-state index contributed by atoms with van der Waals surface area (Å²) >= 11 is 4.07. The second kappa shape index (κ2) is 3.10. The molecule has 0 aromatic heterocycles. The summed E-state index contributed by atoms with van der Waals surface area (Å²) in [4.78, 5) is 1.03. The van der Waals surface area contributed by atoms with E-state index in [0.29, 0.717) is 6.54 Å². The Labute approximate surface area is 50.0 Å². The van der Waals surface area contributed by atoms with E-state index in [9.17, 15) is 0 Å². The molecular weight excluding hydrogens is 106 g/mol. The summed E-state index contributed by atoms with van der Waals surface area (Å²) in [5, 5.41) is 0. The van der Waals surface area contributed by atoms with E-state index >= 15 is 0 Å². The fourth-order valence-corrected chi connectivity index (χ4v) is 0.239.